The average Bonchev–Trinajstić information content (AvgIpc) is 3.42. The molecule has 0 aliphatic heterocycles. The fourth-order valence-corrected chi connectivity index (χ4v) is 3.87. The lowest BCUT2D eigenvalue weighted by Gasteiger charge is -2.25. The van der Waals surface area contributed by atoms with Gasteiger partial charge in [0.25, 0.3) is 0 Å². The third-order valence-corrected chi connectivity index (χ3v) is 6.05. The van der Waals surface area contributed by atoms with Crippen LogP contribution >= 0.6 is 27.7 Å². The van der Waals surface area contributed by atoms with Gasteiger partial charge in [-0.25, -0.2) is 0 Å². The second-order valence-corrected chi connectivity index (χ2v) is 8.94. The van der Waals surface area contributed by atoms with E-state index < -0.39 is 19.2 Å². The molecule has 0 amide bonds. The number of fused-ring (bicyclic) bond motifs is 2. The molecule has 139 valence electrons. The van der Waals surface area contributed by atoms with Crippen LogP contribution in [0.2, 0.25) is 0 Å². The Labute approximate surface area is 214 Å². The predicted octanol–water partition coefficient (Wildman–Crippen LogP) is 1.63. The Bertz CT molecular complexity index is 1080. The zero-order chi connectivity index (χ0) is 23.7. The van der Waals surface area contributed by atoms with E-state index in [-0.39, 0.29) is 6.39 Å². The molecule has 2 N–H and O–H groups in total. The Morgan fingerprint density at radius 3 is 1.81 bits per heavy atom. The van der Waals surface area contributed by atoms with Gasteiger partial charge in [-0.1, -0.05) is 28.1 Å². The molecule has 13 radical (unpaired) electrons. The lowest BCUT2D eigenvalue weighted by molar-refractivity contribution is 1.43. The lowest BCUT2D eigenvalue weighted by atomic mass is 8.56. The molecule has 0 atom stereocenters. The first-order valence-electron chi connectivity index (χ1n) is 9.93. The highest BCUT2D eigenvalue weighted by Crippen LogP contribution is 2.20. The van der Waals surface area contributed by atoms with Crippen LogP contribution in [-0.2, 0) is 0 Å². The van der Waals surface area contributed by atoms with Gasteiger partial charge in [-0.3, -0.25) is 0 Å². The van der Waals surface area contributed by atoms with Crippen LogP contribution in [0.1, 0.15) is 0 Å². The maximum absolute atomic E-state index is 5.52. The Kier molecular flexibility index (Phi) is 11.7. The van der Waals surface area contributed by atoms with Crippen LogP contribution in [0, 0.1) is 0 Å². The van der Waals surface area contributed by atoms with Crippen molar-refractivity contribution in [2.75, 3.05) is 6.26 Å². The lowest BCUT2D eigenvalue weighted by Crippen LogP contribution is -2.63. The Morgan fingerprint density at radius 2 is 1.34 bits per heavy atom. The summed E-state index contributed by atoms with van der Waals surface area (Å²) in [5, 5.41) is 2.53. The molecule has 4 aromatic rings. The summed E-state index contributed by atoms with van der Waals surface area (Å²) < 4.78 is 1.11. The van der Waals surface area contributed by atoms with Crippen LogP contribution < -0.4 is 0 Å². The largest absolute Gasteiger partial charge is 0.361 e. The molecule has 2 aromatic heterocycles. The van der Waals surface area contributed by atoms with Crippen LogP contribution in [0.25, 0.3) is 21.8 Å². The van der Waals surface area contributed by atoms with Gasteiger partial charge in [-0.15, -0.1) is 11.8 Å². The van der Waals surface area contributed by atoms with Crippen LogP contribution in [0.3, 0.4) is 0 Å². The summed E-state index contributed by atoms with van der Waals surface area (Å²) in [6, 6.07) is 16.8. The van der Waals surface area contributed by atoms with Gasteiger partial charge in [0.2, 0.25) is 0 Å². The van der Waals surface area contributed by atoms with E-state index >= 15 is 0 Å². The van der Waals surface area contributed by atoms with Crippen molar-refractivity contribution in [3.05, 3.63) is 65.4 Å². The molecular weight excluding hydrogens is 463 g/mol. The van der Waals surface area contributed by atoms with Crippen molar-refractivity contribution in [3.63, 3.8) is 0 Å². The quantitative estimate of drug-likeness (QED) is 0.332. The molecule has 2 heterocycles. The molecular formula is C17H15B11BrN2S. The van der Waals surface area contributed by atoms with Gasteiger partial charge < -0.3 is 9.97 Å². The number of thioether (sulfide) groups is 1. The van der Waals surface area contributed by atoms with Crippen LogP contribution in [-0.4, -0.2) is 95.2 Å². The molecule has 2 aromatic carbocycles. The molecule has 2 nitrogen and oxygen atoms in total. The SMILES string of the molecule is Brc1ccc2cc[nH]c2c1.CSc1ccc2cc[nH]c2c1.[B][B]B([B])B(B([B])[B])B([B])[B]. The number of aromatic amines is 2. The van der Waals surface area contributed by atoms with E-state index in [0.717, 1.165) is 4.47 Å². The standard InChI is InChI=1S/C9H9NS.C8H6BrN.B11/c1-11-8-3-2-7-4-5-10-9(7)6-8;9-7-2-1-6-3-4-10-8(6)5-7;1-7-10(6)11(8(2)3)9(4)5/h2-6,10H,1H3;1-5,10H;. The molecule has 15 heteroatoms. The number of halogens is 1. The highest BCUT2D eigenvalue weighted by atomic mass is 79.9. The highest BCUT2D eigenvalue weighted by Gasteiger charge is 2.26. The van der Waals surface area contributed by atoms with Crippen LogP contribution in [0.5, 0.6) is 0 Å². The molecule has 0 saturated heterocycles. The minimum atomic E-state index is -0.648. The fourth-order valence-electron chi connectivity index (χ4n) is 3.07. The van der Waals surface area contributed by atoms with E-state index in [1.165, 1.54) is 33.8 Å². The first kappa shape index (κ1) is 27.3. The molecule has 0 aliphatic rings. The van der Waals surface area contributed by atoms with Crippen molar-refractivity contribution in [3.8, 4) is 0 Å². The molecule has 0 aliphatic carbocycles. The van der Waals surface area contributed by atoms with Gasteiger partial charge in [-0.2, -0.15) is 0 Å². The van der Waals surface area contributed by atoms with Crippen LogP contribution in [0.15, 0.2) is 70.3 Å². The molecule has 0 bridgehead atoms. The minimum Gasteiger partial charge on any atom is -0.361 e. The number of aromatic nitrogens is 2. The number of hydrogen-bond acceptors (Lipinski definition) is 1. The highest BCUT2D eigenvalue weighted by molar-refractivity contribution is 9.10. The van der Waals surface area contributed by atoms with E-state index in [1.807, 2.05) is 18.5 Å². The normalized spacial score (nSPS) is 9.81. The molecule has 4 rings (SSSR count). The Morgan fingerprint density at radius 1 is 0.812 bits per heavy atom. The second kappa shape index (κ2) is 13.7. The number of hydrogen-bond donors (Lipinski definition) is 2. The predicted molar refractivity (Wildman–Crippen MR) is 159 cm³/mol. The summed E-state index contributed by atoms with van der Waals surface area (Å²) >= 11 is 5.16. The van der Waals surface area contributed by atoms with Gasteiger partial charge >= 0.3 is 0 Å². The van der Waals surface area contributed by atoms with Crippen molar-refractivity contribution in [1.29, 1.82) is 0 Å². The molecule has 0 fully saturated rings. The van der Waals surface area contributed by atoms with Crippen molar-refractivity contribution in [1.82, 2.24) is 9.97 Å². The van der Waals surface area contributed by atoms with Crippen molar-refractivity contribution >= 4 is 129 Å². The van der Waals surface area contributed by atoms with Crippen molar-refractivity contribution in [2.45, 2.75) is 4.90 Å². The van der Waals surface area contributed by atoms with Gasteiger partial charge in [-0.05, 0) is 53.4 Å². The first-order chi connectivity index (χ1) is 15.3. The van der Waals surface area contributed by atoms with E-state index in [9.17, 15) is 0 Å². The molecule has 0 saturated carbocycles. The number of rotatable bonds is 5. The van der Waals surface area contributed by atoms with E-state index in [2.05, 4.69) is 74.6 Å². The fraction of sp³-hybridized carbons (Fsp3) is 0.0588. The topological polar surface area (TPSA) is 31.6 Å². The van der Waals surface area contributed by atoms with Gasteiger partial charge in [0.1, 0.15) is 0 Å². The molecule has 32 heavy (non-hydrogen) atoms. The third-order valence-electron chi connectivity index (χ3n) is 4.83. The monoisotopic (exact) mass is 479 g/mol. The smallest absolute Gasteiger partial charge is 0.0465 e. The minimum absolute atomic E-state index is 0.389. The second-order valence-electron chi connectivity index (χ2n) is 7.14. The summed E-state index contributed by atoms with van der Waals surface area (Å²) in [6.45, 7) is 0. The van der Waals surface area contributed by atoms with Gasteiger partial charge in [0, 0.05) is 112 Å². The van der Waals surface area contributed by atoms with Gasteiger partial charge in [0.05, 0.1) is 0 Å². The zero-order valence-corrected chi connectivity index (χ0v) is 20.3. The van der Waals surface area contributed by atoms with Gasteiger partial charge in [0.15, 0.2) is 0 Å². The van der Waals surface area contributed by atoms with E-state index in [1.54, 1.807) is 11.8 Å². The van der Waals surface area contributed by atoms with Crippen molar-refractivity contribution in [2.24, 2.45) is 0 Å². The molecule has 0 spiro atoms. The summed E-state index contributed by atoms with van der Waals surface area (Å²) in [5.74, 6) is 0. The average molecular weight is 478 g/mol. The number of benzene rings is 2. The maximum atomic E-state index is 5.52. The maximum Gasteiger partial charge on any atom is 0.0465 e. The first-order valence-corrected chi connectivity index (χ1v) is 11.9. The number of H-pyrrole nitrogens is 2. The summed E-state index contributed by atoms with van der Waals surface area (Å²) in [5.41, 5.74) is 2.39. The van der Waals surface area contributed by atoms with E-state index in [0.29, 0.717) is 0 Å². The summed E-state index contributed by atoms with van der Waals surface area (Å²) in [7, 11) is 33.5. The van der Waals surface area contributed by atoms with Crippen molar-refractivity contribution < 1.29 is 0 Å². The summed E-state index contributed by atoms with van der Waals surface area (Å²) in [6.07, 6.45) is 3.85. The number of nitrogens with one attached hydrogen (secondary N) is 2. The third kappa shape index (κ3) is 8.13. The van der Waals surface area contributed by atoms with Crippen LogP contribution in [0.4, 0.5) is 0 Å². The summed E-state index contributed by atoms with van der Waals surface area (Å²) in [4.78, 5) is 7.62. The van der Waals surface area contributed by atoms with E-state index in [4.69, 9.17) is 46.4 Å². The Hall–Kier alpha value is -0.936. The molecule has 0 unspecified atom stereocenters. The Balaban J connectivity index is 0.000000170. The zero-order valence-electron chi connectivity index (χ0n) is 17.9.